The first-order valence-corrected chi connectivity index (χ1v) is 9.36. The maximum absolute atomic E-state index is 11.7. The van der Waals surface area contributed by atoms with Crippen LogP contribution in [0.2, 0.25) is 0 Å². The number of rotatable bonds is 13. The van der Waals surface area contributed by atoms with Crippen molar-refractivity contribution in [3.63, 3.8) is 0 Å². The summed E-state index contributed by atoms with van der Waals surface area (Å²) in [6, 6.07) is 4.89. The maximum Gasteiger partial charge on any atom is 0.240 e. The van der Waals surface area contributed by atoms with E-state index < -0.39 is 0 Å². The highest BCUT2D eigenvalue weighted by Crippen LogP contribution is 2.25. The number of carbonyl (C=O) groups is 1. The molecule has 0 saturated heterocycles. The Morgan fingerprint density at radius 3 is 2.40 bits per heavy atom. The van der Waals surface area contributed by atoms with E-state index in [1.165, 1.54) is 64.3 Å². The minimum absolute atomic E-state index is 0.0649. The summed E-state index contributed by atoms with van der Waals surface area (Å²) in [5.74, 6) is 0.393. The predicted octanol–water partition coefficient (Wildman–Crippen LogP) is 4.77. The molecular weight excluding hydrogens is 316 g/mol. The van der Waals surface area contributed by atoms with Gasteiger partial charge in [-0.15, -0.1) is 0 Å². The number of hydrogen-bond acceptors (Lipinski definition) is 4. The van der Waals surface area contributed by atoms with Gasteiger partial charge in [0.25, 0.3) is 0 Å². The molecule has 0 spiro atoms. The number of nitrogens with zero attached hydrogens (tertiary/aromatic N) is 1. The van der Waals surface area contributed by atoms with E-state index in [-0.39, 0.29) is 11.7 Å². The third kappa shape index (κ3) is 9.75. The van der Waals surface area contributed by atoms with Gasteiger partial charge in [-0.3, -0.25) is 4.79 Å². The van der Waals surface area contributed by atoms with Crippen molar-refractivity contribution in [1.82, 2.24) is 5.43 Å². The molecule has 0 saturated carbocycles. The molecule has 1 aromatic carbocycles. The molecular formula is C20H32N2O3. The van der Waals surface area contributed by atoms with Crippen molar-refractivity contribution >= 4 is 12.1 Å². The average molecular weight is 348 g/mol. The molecule has 1 amide bonds. The molecule has 0 atom stereocenters. The Morgan fingerprint density at radius 1 is 1.12 bits per heavy atom. The molecule has 2 N–H and O–H groups in total. The smallest absolute Gasteiger partial charge is 0.240 e. The van der Waals surface area contributed by atoms with Crippen LogP contribution in [-0.4, -0.2) is 24.3 Å². The lowest BCUT2D eigenvalue weighted by molar-refractivity contribution is -0.121. The number of amides is 1. The maximum atomic E-state index is 11.7. The Bertz CT molecular complexity index is 530. The van der Waals surface area contributed by atoms with Crippen molar-refractivity contribution in [3.05, 3.63) is 23.8 Å². The summed E-state index contributed by atoms with van der Waals surface area (Å²) in [7, 11) is 1.49. The van der Waals surface area contributed by atoms with Crippen molar-refractivity contribution in [1.29, 1.82) is 0 Å². The highest BCUT2D eigenvalue weighted by atomic mass is 16.5. The van der Waals surface area contributed by atoms with Crippen molar-refractivity contribution in [2.75, 3.05) is 7.11 Å². The fraction of sp³-hybridized carbons (Fsp3) is 0.600. The van der Waals surface area contributed by atoms with Crippen molar-refractivity contribution in [2.45, 2.75) is 71.1 Å². The van der Waals surface area contributed by atoms with E-state index in [0.717, 1.165) is 18.4 Å². The first-order chi connectivity index (χ1) is 12.2. The van der Waals surface area contributed by atoms with Gasteiger partial charge in [0.2, 0.25) is 5.91 Å². The van der Waals surface area contributed by atoms with Crippen LogP contribution in [0.1, 0.15) is 76.7 Å². The lowest BCUT2D eigenvalue weighted by Gasteiger charge is -2.04. The molecule has 0 aliphatic carbocycles. The van der Waals surface area contributed by atoms with Crippen LogP contribution in [0.15, 0.2) is 23.3 Å². The van der Waals surface area contributed by atoms with Gasteiger partial charge in [0.15, 0.2) is 11.5 Å². The SMILES string of the molecule is CCCCCCCCCCCC(=O)NN=Cc1ccc(O)c(OC)c1. The lowest BCUT2D eigenvalue weighted by Crippen LogP contribution is -2.16. The van der Waals surface area contributed by atoms with Gasteiger partial charge in [-0.25, -0.2) is 5.43 Å². The summed E-state index contributed by atoms with van der Waals surface area (Å²) in [5.41, 5.74) is 3.28. The zero-order valence-corrected chi connectivity index (χ0v) is 15.6. The predicted molar refractivity (Wildman–Crippen MR) is 102 cm³/mol. The Labute approximate surface area is 151 Å². The van der Waals surface area contributed by atoms with Crippen LogP contribution in [0.25, 0.3) is 0 Å². The van der Waals surface area contributed by atoms with Crippen molar-refractivity contribution in [3.8, 4) is 11.5 Å². The van der Waals surface area contributed by atoms with Gasteiger partial charge >= 0.3 is 0 Å². The van der Waals surface area contributed by atoms with E-state index in [4.69, 9.17) is 4.74 Å². The topological polar surface area (TPSA) is 70.9 Å². The second-order valence-electron chi connectivity index (χ2n) is 6.30. The van der Waals surface area contributed by atoms with Crippen LogP contribution < -0.4 is 10.2 Å². The van der Waals surface area contributed by atoms with Gasteiger partial charge in [0.1, 0.15) is 0 Å². The molecule has 25 heavy (non-hydrogen) atoms. The normalized spacial score (nSPS) is 11.0. The van der Waals surface area contributed by atoms with Crippen LogP contribution in [0.3, 0.4) is 0 Å². The molecule has 5 nitrogen and oxygen atoms in total. The fourth-order valence-electron chi connectivity index (χ4n) is 2.61. The summed E-state index contributed by atoms with van der Waals surface area (Å²) in [4.78, 5) is 11.7. The minimum atomic E-state index is -0.0649. The number of aromatic hydroxyl groups is 1. The molecule has 0 bridgehead atoms. The second-order valence-corrected chi connectivity index (χ2v) is 6.30. The molecule has 140 valence electrons. The Kier molecular flexibility index (Phi) is 11.2. The summed E-state index contributed by atoms with van der Waals surface area (Å²) in [6.07, 6.45) is 13.2. The molecule has 0 aliphatic heterocycles. The van der Waals surface area contributed by atoms with Crippen LogP contribution in [0, 0.1) is 0 Å². The summed E-state index contributed by atoms with van der Waals surface area (Å²) >= 11 is 0. The molecule has 0 unspecified atom stereocenters. The van der Waals surface area contributed by atoms with E-state index in [0.29, 0.717) is 12.2 Å². The first kappa shape index (κ1) is 21.0. The third-order valence-electron chi connectivity index (χ3n) is 4.11. The van der Waals surface area contributed by atoms with E-state index in [1.807, 2.05) is 0 Å². The highest BCUT2D eigenvalue weighted by Gasteiger charge is 2.02. The lowest BCUT2D eigenvalue weighted by atomic mass is 10.1. The largest absolute Gasteiger partial charge is 0.504 e. The first-order valence-electron chi connectivity index (χ1n) is 9.36. The number of ether oxygens (including phenoxy) is 1. The van der Waals surface area contributed by atoms with Crippen LogP contribution in [0.4, 0.5) is 0 Å². The molecule has 0 radical (unpaired) electrons. The summed E-state index contributed by atoms with van der Waals surface area (Å²) in [6.45, 7) is 2.23. The van der Waals surface area contributed by atoms with Gasteiger partial charge in [-0.2, -0.15) is 5.10 Å². The number of phenolic OH excluding ortho intramolecular Hbond substituents is 1. The van der Waals surface area contributed by atoms with E-state index >= 15 is 0 Å². The van der Waals surface area contributed by atoms with Gasteiger partial charge < -0.3 is 9.84 Å². The Hall–Kier alpha value is -2.04. The van der Waals surface area contributed by atoms with Crippen LogP contribution >= 0.6 is 0 Å². The van der Waals surface area contributed by atoms with Crippen LogP contribution in [0.5, 0.6) is 11.5 Å². The third-order valence-corrected chi connectivity index (χ3v) is 4.11. The number of hydrazone groups is 1. The van der Waals surface area contributed by atoms with Crippen molar-refractivity contribution < 1.29 is 14.6 Å². The number of unbranched alkanes of at least 4 members (excludes halogenated alkanes) is 8. The molecule has 5 heteroatoms. The number of methoxy groups -OCH3 is 1. The molecule has 0 aliphatic rings. The molecule has 1 aromatic rings. The number of phenols is 1. The fourth-order valence-corrected chi connectivity index (χ4v) is 2.61. The molecule has 0 heterocycles. The van der Waals surface area contributed by atoms with E-state index in [1.54, 1.807) is 12.1 Å². The standard InChI is InChI=1S/C20H32N2O3/c1-3-4-5-6-7-8-9-10-11-12-20(24)22-21-16-17-13-14-18(23)19(15-17)25-2/h13-16,23H,3-12H2,1-2H3,(H,22,24). The quantitative estimate of drug-likeness (QED) is 0.306. The van der Waals surface area contributed by atoms with Crippen molar-refractivity contribution in [2.24, 2.45) is 5.10 Å². The van der Waals surface area contributed by atoms with Gasteiger partial charge in [-0.1, -0.05) is 58.3 Å². The number of nitrogens with one attached hydrogen (secondary N) is 1. The number of carbonyl (C=O) groups excluding carboxylic acids is 1. The zero-order valence-electron chi connectivity index (χ0n) is 15.6. The highest BCUT2D eigenvalue weighted by molar-refractivity contribution is 5.83. The number of hydrogen-bond donors (Lipinski definition) is 2. The molecule has 0 fully saturated rings. The summed E-state index contributed by atoms with van der Waals surface area (Å²) < 4.78 is 5.03. The van der Waals surface area contributed by atoms with Gasteiger partial charge in [-0.05, 0) is 30.2 Å². The van der Waals surface area contributed by atoms with Gasteiger partial charge in [0.05, 0.1) is 13.3 Å². The monoisotopic (exact) mass is 348 g/mol. The Morgan fingerprint density at radius 2 is 1.76 bits per heavy atom. The average Bonchev–Trinajstić information content (AvgIpc) is 2.61. The number of benzene rings is 1. The van der Waals surface area contributed by atoms with Gasteiger partial charge in [0, 0.05) is 6.42 Å². The zero-order chi connectivity index (χ0) is 18.3. The minimum Gasteiger partial charge on any atom is -0.504 e. The molecule has 1 rings (SSSR count). The second kappa shape index (κ2) is 13.3. The Balaban J connectivity index is 2.10. The summed E-state index contributed by atoms with van der Waals surface area (Å²) in [5, 5.41) is 13.5. The molecule has 0 aromatic heterocycles. The van der Waals surface area contributed by atoms with E-state index in [9.17, 15) is 9.90 Å². The van der Waals surface area contributed by atoms with Crippen LogP contribution in [-0.2, 0) is 4.79 Å². The van der Waals surface area contributed by atoms with E-state index in [2.05, 4.69) is 17.5 Å².